The zero-order chi connectivity index (χ0) is 20.5. The van der Waals surface area contributed by atoms with Crippen molar-refractivity contribution in [2.45, 2.75) is 43.4 Å². The fourth-order valence-corrected chi connectivity index (χ4v) is 3.95. The van der Waals surface area contributed by atoms with Crippen LogP contribution in [0.4, 0.5) is 16.2 Å². The summed E-state index contributed by atoms with van der Waals surface area (Å²) in [5, 5.41) is 13.9. The van der Waals surface area contributed by atoms with Crippen LogP contribution in [0.15, 0.2) is 6.20 Å². The van der Waals surface area contributed by atoms with Gasteiger partial charge in [-0.15, -0.1) is 0 Å². The van der Waals surface area contributed by atoms with Crippen LogP contribution in [-0.4, -0.2) is 83.5 Å². The van der Waals surface area contributed by atoms with Crippen molar-refractivity contribution in [2.24, 2.45) is 0 Å². The normalized spacial score (nSPS) is 27.2. The Bertz CT molecular complexity index is 721. The molecule has 1 aromatic heterocycles. The number of nitrogens with one attached hydrogen (secondary N) is 1. The van der Waals surface area contributed by atoms with Gasteiger partial charge in [0.1, 0.15) is 0 Å². The quantitative estimate of drug-likeness (QED) is 0.638. The average molecular weight is 396 g/mol. The molecule has 1 amide bonds. The molecule has 9 nitrogen and oxygen atoms in total. The van der Waals surface area contributed by atoms with Crippen LogP contribution in [0.3, 0.4) is 0 Å². The van der Waals surface area contributed by atoms with Gasteiger partial charge in [-0.2, -0.15) is 4.98 Å². The van der Waals surface area contributed by atoms with Crippen LogP contribution in [-0.2, 0) is 9.53 Å². The number of nitrogen functional groups attached to an aromatic ring is 1. The molecule has 0 bridgehead atoms. The molecule has 2 atom stereocenters. The van der Waals surface area contributed by atoms with Gasteiger partial charge >= 0.3 is 0 Å². The maximum Gasteiger partial charge on any atom is 0.234 e. The number of carbonyl (C=O) groups excluding carboxylic acids is 1. The number of anilines is 2. The van der Waals surface area contributed by atoms with Gasteiger partial charge in [0.25, 0.3) is 0 Å². The van der Waals surface area contributed by atoms with Crippen molar-refractivity contribution in [1.29, 1.82) is 0 Å². The van der Waals surface area contributed by atoms with Gasteiger partial charge < -0.3 is 30.7 Å². The van der Waals surface area contributed by atoms with E-state index in [1.54, 1.807) is 11.8 Å². The van der Waals surface area contributed by atoms with E-state index in [4.69, 9.17) is 10.5 Å². The van der Waals surface area contributed by atoms with E-state index < -0.39 is 23.1 Å². The lowest BCUT2D eigenvalue weighted by atomic mass is 9.76. The Balaban J connectivity index is 1.60. The Morgan fingerprint density at radius 1 is 1.50 bits per heavy atom. The molecule has 1 spiro atoms. The van der Waals surface area contributed by atoms with Crippen molar-refractivity contribution in [3.63, 3.8) is 0 Å². The zero-order valence-corrected chi connectivity index (χ0v) is 16.6. The summed E-state index contributed by atoms with van der Waals surface area (Å²) in [6, 6.07) is -0.455. The maximum atomic E-state index is 13.3. The number of ether oxygens (including phenoxy) is 1. The molecule has 1 aromatic rings. The largest absolute Gasteiger partial charge is 0.388 e. The van der Waals surface area contributed by atoms with E-state index in [2.05, 4.69) is 15.3 Å². The second-order valence-corrected chi connectivity index (χ2v) is 8.28. The second kappa shape index (κ2) is 7.76. The Hall–Kier alpha value is -2.04. The van der Waals surface area contributed by atoms with Crippen molar-refractivity contribution < 1.29 is 19.0 Å². The van der Waals surface area contributed by atoms with Crippen molar-refractivity contribution >= 4 is 17.7 Å². The number of piperidine rings is 1. The number of amides is 1. The van der Waals surface area contributed by atoms with Crippen molar-refractivity contribution in [2.75, 3.05) is 51.0 Å². The lowest BCUT2D eigenvalue weighted by Crippen LogP contribution is -2.64. The van der Waals surface area contributed by atoms with Crippen LogP contribution >= 0.6 is 0 Å². The fourth-order valence-electron chi connectivity index (χ4n) is 3.95. The van der Waals surface area contributed by atoms with Crippen molar-refractivity contribution in [3.8, 4) is 0 Å². The summed E-state index contributed by atoms with van der Waals surface area (Å²) in [5.74, 6) is -0.550. The first-order valence-corrected chi connectivity index (χ1v) is 9.44. The first kappa shape index (κ1) is 20.7. The fraction of sp³-hybridized carbons (Fsp3) is 0.722. The molecule has 0 saturated carbocycles. The van der Waals surface area contributed by atoms with Gasteiger partial charge in [0, 0.05) is 19.5 Å². The molecule has 2 aliphatic rings. The van der Waals surface area contributed by atoms with Crippen LogP contribution in [0.5, 0.6) is 0 Å². The van der Waals surface area contributed by atoms with E-state index in [0.29, 0.717) is 38.3 Å². The average Bonchev–Trinajstić information content (AvgIpc) is 2.60. The molecule has 0 unspecified atom stereocenters. The summed E-state index contributed by atoms with van der Waals surface area (Å²) in [6.45, 7) is 3.48. The van der Waals surface area contributed by atoms with Crippen LogP contribution in [0.1, 0.15) is 26.2 Å². The van der Waals surface area contributed by atoms with Crippen molar-refractivity contribution in [1.82, 2.24) is 20.2 Å². The summed E-state index contributed by atoms with van der Waals surface area (Å²) in [7, 11) is 3.63. The van der Waals surface area contributed by atoms with Crippen LogP contribution in [0, 0.1) is 5.82 Å². The van der Waals surface area contributed by atoms with E-state index in [-0.39, 0.29) is 24.9 Å². The number of nitrogens with zero attached hydrogens (tertiary/aromatic N) is 4. The molecule has 0 radical (unpaired) electrons. The minimum Gasteiger partial charge on any atom is -0.388 e. The SMILES string of the molecule is CN(C)CC(=O)N[C@H]1COC2(CCN(c3ncc(F)c(N)n3)CC2)C[C@]1(C)O. The smallest absolute Gasteiger partial charge is 0.234 e. The third kappa shape index (κ3) is 4.50. The number of halogens is 1. The molecule has 3 heterocycles. The van der Waals surface area contributed by atoms with Crippen LogP contribution < -0.4 is 16.0 Å². The summed E-state index contributed by atoms with van der Waals surface area (Å²) >= 11 is 0. The topological polar surface area (TPSA) is 117 Å². The van der Waals surface area contributed by atoms with Gasteiger partial charge in [0.2, 0.25) is 11.9 Å². The number of aliphatic hydroxyl groups is 1. The number of hydrogen-bond acceptors (Lipinski definition) is 8. The van der Waals surface area contributed by atoms with Gasteiger partial charge in [-0.05, 0) is 33.9 Å². The van der Waals surface area contributed by atoms with Gasteiger partial charge in [-0.3, -0.25) is 4.79 Å². The summed E-state index contributed by atoms with van der Waals surface area (Å²) in [5.41, 5.74) is 4.00. The number of nitrogens with two attached hydrogens (primary N) is 1. The third-order valence-corrected chi connectivity index (χ3v) is 5.50. The number of carbonyl (C=O) groups is 1. The summed E-state index contributed by atoms with van der Waals surface area (Å²) < 4.78 is 19.4. The summed E-state index contributed by atoms with van der Waals surface area (Å²) in [4.78, 5) is 23.8. The molecule has 28 heavy (non-hydrogen) atoms. The molecule has 156 valence electrons. The lowest BCUT2D eigenvalue weighted by Gasteiger charge is -2.51. The molecule has 10 heteroatoms. The van der Waals surface area contributed by atoms with Crippen LogP contribution in [0.25, 0.3) is 0 Å². The Labute approximate surface area is 164 Å². The van der Waals surface area contributed by atoms with E-state index in [1.165, 1.54) is 0 Å². The number of rotatable bonds is 4. The van der Waals surface area contributed by atoms with Crippen LogP contribution in [0.2, 0.25) is 0 Å². The van der Waals surface area contributed by atoms with E-state index in [1.807, 2.05) is 19.0 Å². The number of hydrogen-bond donors (Lipinski definition) is 3. The highest BCUT2D eigenvalue weighted by Crippen LogP contribution is 2.40. The Kier molecular flexibility index (Phi) is 5.74. The van der Waals surface area contributed by atoms with E-state index >= 15 is 0 Å². The predicted octanol–water partition coefficient (Wildman–Crippen LogP) is -0.245. The first-order chi connectivity index (χ1) is 13.1. The van der Waals surface area contributed by atoms with Crippen molar-refractivity contribution in [3.05, 3.63) is 12.0 Å². The predicted molar refractivity (Wildman–Crippen MR) is 102 cm³/mol. The van der Waals surface area contributed by atoms with E-state index in [9.17, 15) is 14.3 Å². The lowest BCUT2D eigenvalue weighted by molar-refractivity contribution is -0.181. The molecule has 0 aliphatic carbocycles. The maximum absolute atomic E-state index is 13.3. The molecular weight excluding hydrogens is 367 g/mol. The van der Waals surface area contributed by atoms with Gasteiger partial charge in [-0.25, -0.2) is 9.37 Å². The third-order valence-electron chi connectivity index (χ3n) is 5.50. The summed E-state index contributed by atoms with van der Waals surface area (Å²) in [6.07, 6.45) is 2.84. The second-order valence-electron chi connectivity index (χ2n) is 8.28. The Morgan fingerprint density at radius 2 is 2.18 bits per heavy atom. The molecular formula is C18H29FN6O3. The number of likely N-dealkylation sites (N-methyl/N-ethyl adjacent to an activating group) is 1. The first-order valence-electron chi connectivity index (χ1n) is 9.44. The van der Waals surface area contributed by atoms with Gasteiger partial charge in [0.05, 0.1) is 36.6 Å². The highest BCUT2D eigenvalue weighted by molar-refractivity contribution is 5.78. The molecule has 2 aliphatic heterocycles. The highest BCUT2D eigenvalue weighted by atomic mass is 19.1. The molecule has 4 N–H and O–H groups in total. The minimum atomic E-state index is -1.07. The van der Waals surface area contributed by atoms with Gasteiger partial charge in [0.15, 0.2) is 11.6 Å². The minimum absolute atomic E-state index is 0.143. The highest BCUT2D eigenvalue weighted by Gasteiger charge is 2.49. The Morgan fingerprint density at radius 3 is 2.75 bits per heavy atom. The zero-order valence-electron chi connectivity index (χ0n) is 16.6. The molecule has 3 rings (SSSR count). The number of aromatic nitrogens is 2. The molecule has 2 fully saturated rings. The standard InChI is InChI=1S/C18H29FN6O3/c1-17(27)11-18(28-10-13(17)22-14(26)9-24(2)3)4-6-25(7-5-18)16-21-8-12(19)15(20)23-16/h8,13,27H,4-7,9-11H2,1-3H3,(H,22,26)(H2,20,21,23)/t13-,17-/m0/s1. The van der Waals surface area contributed by atoms with Gasteiger partial charge in [-0.1, -0.05) is 0 Å². The van der Waals surface area contributed by atoms with E-state index in [0.717, 1.165) is 6.20 Å². The molecule has 2 saturated heterocycles. The monoisotopic (exact) mass is 396 g/mol. The molecule has 0 aromatic carbocycles.